The van der Waals surface area contributed by atoms with E-state index in [4.69, 9.17) is 11.6 Å². The fourth-order valence-corrected chi connectivity index (χ4v) is 2.03. The number of aromatic nitrogens is 4. The number of hydrogen-bond acceptors (Lipinski definition) is 4. The first-order valence-corrected chi connectivity index (χ1v) is 6.31. The minimum absolute atomic E-state index is 0.177. The van der Waals surface area contributed by atoms with Crippen LogP contribution in [0.5, 0.6) is 0 Å². The number of fused-ring (bicyclic) bond motifs is 1. The molecule has 0 atom stereocenters. The van der Waals surface area contributed by atoms with Crippen molar-refractivity contribution in [2.24, 2.45) is 0 Å². The SMILES string of the molecule is O=C(NCc1nnc2ccccn12)c1cccnc1Cl. The Morgan fingerprint density at radius 3 is 3.00 bits per heavy atom. The third-order valence-corrected chi connectivity index (χ3v) is 3.10. The van der Waals surface area contributed by atoms with E-state index in [1.165, 1.54) is 6.20 Å². The van der Waals surface area contributed by atoms with Crippen LogP contribution in [0.25, 0.3) is 5.65 Å². The van der Waals surface area contributed by atoms with Crippen LogP contribution in [0.3, 0.4) is 0 Å². The summed E-state index contributed by atoms with van der Waals surface area (Å²) in [5, 5.41) is 11.0. The highest BCUT2D eigenvalue weighted by molar-refractivity contribution is 6.32. The van der Waals surface area contributed by atoms with Gasteiger partial charge in [-0.3, -0.25) is 9.20 Å². The van der Waals surface area contributed by atoms with Gasteiger partial charge in [0.05, 0.1) is 12.1 Å². The molecule has 20 heavy (non-hydrogen) atoms. The van der Waals surface area contributed by atoms with Crippen LogP contribution in [0.4, 0.5) is 0 Å². The Labute approximate surface area is 119 Å². The third kappa shape index (κ3) is 2.33. The molecule has 0 radical (unpaired) electrons. The summed E-state index contributed by atoms with van der Waals surface area (Å²) in [4.78, 5) is 15.9. The first kappa shape index (κ1) is 12.6. The molecule has 1 N–H and O–H groups in total. The van der Waals surface area contributed by atoms with E-state index in [0.717, 1.165) is 5.65 Å². The summed E-state index contributed by atoms with van der Waals surface area (Å²) in [5.41, 5.74) is 1.07. The Bertz CT molecular complexity index is 770. The highest BCUT2D eigenvalue weighted by Gasteiger charge is 2.12. The molecule has 3 rings (SSSR count). The van der Waals surface area contributed by atoms with Crippen molar-refractivity contribution in [3.8, 4) is 0 Å². The molecule has 0 saturated carbocycles. The zero-order valence-electron chi connectivity index (χ0n) is 10.3. The molecule has 0 bridgehead atoms. The second-order valence-electron chi connectivity index (χ2n) is 4.07. The van der Waals surface area contributed by atoms with Crippen LogP contribution in [0.1, 0.15) is 16.2 Å². The van der Waals surface area contributed by atoms with Crippen LogP contribution in [-0.2, 0) is 6.54 Å². The predicted octanol–water partition coefficient (Wildman–Crippen LogP) is 1.71. The van der Waals surface area contributed by atoms with Crippen molar-refractivity contribution in [2.75, 3.05) is 0 Å². The standard InChI is InChI=1S/C13H10ClN5O/c14-12-9(4-3-6-15-12)13(20)16-8-11-18-17-10-5-1-2-7-19(10)11/h1-7H,8H2,(H,16,20). The molecule has 6 nitrogen and oxygen atoms in total. The van der Waals surface area contributed by atoms with Gasteiger partial charge < -0.3 is 5.32 Å². The second-order valence-corrected chi connectivity index (χ2v) is 4.43. The zero-order valence-corrected chi connectivity index (χ0v) is 11.1. The largest absolute Gasteiger partial charge is 0.345 e. The normalized spacial score (nSPS) is 10.7. The lowest BCUT2D eigenvalue weighted by molar-refractivity contribution is 0.0949. The third-order valence-electron chi connectivity index (χ3n) is 2.80. The van der Waals surface area contributed by atoms with Crippen molar-refractivity contribution in [3.05, 3.63) is 59.3 Å². The number of nitrogens with zero attached hydrogens (tertiary/aromatic N) is 4. The number of carbonyl (C=O) groups is 1. The first-order chi connectivity index (χ1) is 9.75. The van der Waals surface area contributed by atoms with Crippen molar-refractivity contribution in [1.29, 1.82) is 0 Å². The lowest BCUT2D eigenvalue weighted by Gasteiger charge is -2.05. The molecule has 7 heteroatoms. The number of hydrogen-bond donors (Lipinski definition) is 1. The quantitative estimate of drug-likeness (QED) is 0.744. The molecule has 0 aliphatic carbocycles. The number of nitrogens with one attached hydrogen (secondary N) is 1. The maximum Gasteiger partial charge on any atom is 0.254 e. The number of halogens is 1. The van der Waals surface area contributed by atoms with Gasteiger partial charge in [-0.2, -0.15) is 0 Å². The van der Waals surface area contributed by atoms with Gasteiger partial charge >= 0.3 is 0 Å². The van der Waals surface area contributed by atoms with Gasteiger partial charge in [0.1, 0.15) is 5.15 Å². The van der Waals surface area contributed by atoms with Crippen LogP contribution in [0.15, 0.2) is 42.7 Å². The molecule has 3 heterocycles. The van der Waals surface area contributed by atoms with Gasteiger partial charge in [-0.15, -0.1) is 10.2 Å². The first-order valence-electron chi connectivity index (χ1n) is 5.93. The summed E-state index contributed by atoms with van der Waals surface area (Å²) < 4.78 is 1.81. The molecule has 0 spiro atoms. The fourth-order valence-electron chi connectivity index (χ4n) is 1.82. The van der Waals surface area contributed by atoms with Crippen molar-refractivity contribution in [2.45, 2.75) is 6.54 Å². The number of amides is 1. The van der Waals surface area contributed by atoms with E-state index in [2.05, 4.69) is 20.5 Å². The van der Waals surface area contributed by atoms with Gasteiger partial charge in [0, 0.05) is 12.4 Å². The Hall–Kier alpha value is -2.47. The average Bonchev–Trinajstić information content (AvgIpc) is 2.88. The molecule has 3 aromatic rings. The van der Waals surface area contributed by atoms with E-state index in [9.17, 15) is 4.79 Å². The van der Waals surface area contributed by atoms with Crippen LogP contribution in [0, 0.1) is 0 Å². The summed E-state index contributed by atoms with van der Waals surface area (Å²) in [5.74, 6) is 0.352. The van der Waals surface area contributed by atoms with Gasteiger partial charge in [0.2, 0.25) is 0 Å². The summed E-state index contributed by atoms with van der Waals surface area (Å²) in [7, 11) is 0. The molecule has 0 aliphatic heterocycles. The molecule has 0 saturated heterocycles. The smallest absolute Gasteiger partial charge is 0.254 e. The molecular formula is C13H10ClN5O. The predicted molar refractivity (Wildman–Crippen MR) is 73.4 cm³/mol. The van der Waals surface area contributed by atoms with Gasteiger partial charge in [-0.05, 0) is 24.3 Å². The zero-order chi connectivity index (χ0) is 13.9. The minimum atomic E-state index is -0.296. The molecular weight excluding hydrogens is 278 g/mol. The highest BCUT2D eigenvalue weighted by Crippen LogP contribution is 2.11. The van der Waals surface area contributed by atoms with Crippen molar-refractivity contribution < 1.29 is 4.79 Å². The lowest BCUT2D eigenvalue weighted by Crippen LogP contribution is -2.24. The lowest BCUT2D eigenvalue weighted by atomic mass is 10.2. The van der Waals surface area contributed by atoms with Crippen LogP contribution >= 0.6 is 11.6 Å². The number of carbonyl (C=O) groups excluding carboxylic acids is 1. The maximum atomic E-state index is 12.0. The van der Waals surface area contributed by atoms with Crippen LogP contribution < -0.4 is 5.32 Å². The Balaban J connectivity index is 1.77. The molecule has 0 fully saturated rings. The Morgan fingerprint density at radius 1 is 1.25 bits per heavy atom. The van der Waals surface area contributed by atoms with E-state index < -0.39 is 0 Å². The van der Waals surface area contributed by atoms with E-state index in [-0.39, 0.29) is 17.6 Å². The summed E-state index contributed by atoms with van der Waals surface area (Å²) >= 11 is 5.87. The summed E-state index contributed by atoms with van der Waals surface area (Å²) in [6.45, 7) is 0.259. The van der Waals surface area contributed by atoms with Gasteiger partial charge in [0.25, 0.3) is 5.91 Å². The molecule has 3 aromatic heterocycles. The van der Waals surface area contributed by atoms with Crippen LogP contribution in [0.2, 0.25) is 5.15 Å². The fraction of sp³-hybridized carbons (Fsp3) is 0.0769. The van der Waals surface area contributed by atoms with E-state index in [1.54, 1.807) is 12.1 Å². The maximum absolute atomic E-state index is 12.0. The molecule has 1 amide bonds. The van der Waals surface area contributed by atoms with Gasteiger partial charge in [-0.25, -0.2) is 4.98 Å². The van der Waals surface area contributed by atoms with Crippen molar-refractivity contribution in [3.63, 3.8) is 0 Å². The average molecular weight is 288 g/mol. The summed E-state index contributed by atoms with van der Waals surface area (Å²) in [6, 6.07) is 8.87. The van der Waals surface area contributed by atoms with Gasteiger partial charge in [0.15, 0.2) is 11.5 Å². The Morgan fingerprint density at radius 2 is 2.15 bits per heavy atom. The monoisotopic (exact) mass is 287 g/mol. The highest BCUT2D eigenvalue weighted by atomic mass is 35.5. The minimum Gasteiger partial charge on any atom is -0.345 e. The van der Waals surface area contributed by atoms with E-state index >= 15 is 0 Å². The Kier molecular flexibility index (Phi) is 3.30. The molecule has 0 unspecified atom stereocenters. The van der Waals surface area contributed by atoms with Crippen molar-refractivity contribution in [1.82, 2.24) is 24.9 Å². The second kappa shape index (κ2) is 5.26. The van der Waals surface area contributed by atoms with E-state index in [0.29, 0.717) is 11.4 Å². The number of rotatable bonds is 3. The van der Waals surface area contributed by atoms with E-state index in [1.807, 2.05) is 28.8 Å². The van der Waals surface area contributed by atoms with Crippen LogP contribution in [-0.4, -0.2) is 25.5 Å². The van der Waals surface area contributed by atoms with Crippen molar-refractivity contribution >= 4 is 23.2 Å². The molecule has 0 aliphatic rings. The molecule has 0 aromatic carbocycles. The molecule has 100 valence electrons. The summed E-state index contributed by atoms with van der Waals surface area (Å²) in [6.07, 6.45) is 3.37. The number of pyridine rings is 2. The van der Waals surface area contributed by atoms with Gasteiger partial charge in [-0.1, -0.05) is 17.7 Å². The topological polar surface area (TPSA) is 72.2 Å².